The third kappa shape index (κ3) is 8.31. The summed E-state index contributed by atoms with van der Waals surface area (Å²) in [6.45, 7) is 12.2. The van der Waals surface area contributed by atoms with Gasteiger partial charge in [0.25, 0.3) is 0 Å². The van der Waals surface area contributed by atoms with Crippen molar-refractivity contribution in [3.05, 3.63) is 35.9 Å². The zero-order valence-electron chi connectivity index (χ0n) is 15.7. The van der Waals surface area contributed by atoms with E-state index in [1.165, 1.54) is 5.56 Å². The zero-order valence-corrected chi connectivity index (χ0v) is 15.7. The summed E-state index contributed by atoms with van der Waals surface area (Å²) in [4.78, 5) is 6.64. The van der Waals surface area contributed by atoms with Crippen LogP contribution < -0.4 is 10.6 Å². The SMILES string of the molecule is CCN(CC)CCNC(=NC)NCCCOC(C)c1ccccc1. The second-order valence-electron chi connectivity index (χ2n) is 5.73. The molecule has 1 rings (SSSR count). The molecule has 1 aromatic carbocycles. The maximum Gasteiger partial charge on any atom is 0.191 e. The van der Waals surface area contributed by atoms with Crippen molar-refractivity contribution in [3.8, 4) is 0 Å². The number of hydrogen-bond acceptors (Lipinski definition) is 3. The number of rotatable bonds is 11. The van der Waals surface area contributed by atoms with Gasteiger partial charge >= 0.3 is 0 Å². The van der Waals surface area contributed by atoms with Crippen LogP contribution in [0.4, 0.5) is 0 Å². The van der Waals surface area contributed by atoms with E-state index < -0.39 is 0 Å². The maximum atomic E-state index is 5.88. The Morgan fingerprint density at radius 1 is 1.12 bits per heavy atom. The molecular formula is C19H34N4O. The van der Waals surface area contributed by atoms with Crippen LogP contribution in [-0.4, -0.2) is 57.2 Å². The first-order chi connectivity index (χ1) is 11.7. The average Bonchev–Trinajstić information content (AvgIpc) is 2.63. The summed E-state index contributed by atoms with van der Waals surface area (Å²) in [5.74, 6) is 0.860. The lowest BCUT2D eigenvalue weighted by molar-refractivity contribution is 0.0646. The third-order valence-electron chi connectivity index (χ3n) is 4.09. The molecule has 2 N–H and O–H groups in total. The number of benzene rings is 1. The van der Waals surface area contributed by atoms with Crippen LogP contribution in [0.15, 0.2) is 35.3 Å². The van der Waals surface area contributed by atoms with E-state index in [2.05, 4.69) is 53.4 Å². The lowest BCUT2D eigenvalue weighted by atomic mass is 10.1. The molecule has 136 valence electrons. The van der Waals surface area contributed by atoms with Crippen molar-refractivity contribution in [3.63, 3.8) is 0 Å². The average molecular weight is 335 g/mol. The molecule has 0 aromatic heterocycles. The molecule has 0 saturated heterocycles. The molecule has 5 nitrogen and oxygen atoms in total. The summed E-state index contributed by atoms with van der Waals surface area (Å²) in [5, 5.41) is 6.68. The first-order valence-electron chi connectivity index (χ1n) is 9.04. The number of ether oxygens (including phenoxy) is 1. The van der Waals surface area contributed by atoms with Gasteiger partial charge in [0.15, 0.2) is 5.96 Å². The second kappa shape index (κ2) is 12.8. The van der Waals surface area contributed by atoms with E-state index in [1.54, 1.807) is 7.05 Å². The first kappa shape index (κ1) is 20.5. The van der Waals surface area contributed by atoms with Crippen molar-refractivity contribution in [2.45, 2.75) is 33.3 Å². The fourth-order valence-corrected chi connectivity index (χ4v) is 2.45. The van der Waals surface area contributed by atoms with Gasteiger partial charge in [0.2, 0.25) is 0 Å². The van der Waals surface area contributed by atoms with Crippen molar-refractivity contribution in [2.24, 2.45) is 4.99 Å². The molecule has 0 fully saturated rings. The summed E-state index contributed by atoms with van der Waals surface area (Å²) in [5.41, 5.74) is 1.22. The van der Waals surface area contributed by atoms with Crippen LogP contribution in [0.3, 0.4) is 0 Å². The summed E-state index contributed by atoms with van der Waals surface area (Å²) < 4.78 is 5.88. The number of nitrogens with zero attached hydrogens (tertiary/aromatic N) is 2. The monoisotopic (exact) mass is 334 g/mol. The van der Waals surface area contributed by atoms with Gasteiger partial charge < -0.3 is 20.3 Å². The van der Waals surface area contributed by atoms with E-state index in [0.717, 1.165) is 51.7 Å². The van der Waals surface area contributed by atoms with E-state index in [-0.39, 0.29) is 6.10 Å². The van der Waals surface area contributed by atoms with Crippen LogP contribution in [0.5, 0.6) is 0 Å². The number of aliphatic imine (C=N–C) groups is 1. The summed E-state index contributed by atoms with van der Waals surface area (Å²) in [6, 6.07) is 10.3. The normalized spacial score (nSPS) is 13.1. The molecule has 1 atom stereocenters. The van der Waals surface area contributed by atoms with Gasteiger partial charge in [-0.3, -0.25) is 4.99 Å². The Morgan fingerprint density at radius 2 is 1.79 bits per heavy atom. The van der Waals surface area contributed by atoms with Crippen LogP contribution in [0.25, 0.3) is 0 Å². The second-order valence-corrected chi connectivity index (χ2v) is 5.73. The van der Waals surface area contributed by atoms with Gasteiger partial charge in [0, 0.05) is 33.3 Å². The van der Waals surface area contributed by atoms with Gasteiger partial charge in [-0.1, -0.05) is 44.2 Å². The van der Waals surface area contributed by atoms with Crippen molar-refractivity contribution in [1.29, 1.82) is 0 Å². The Hall–Kier alpha value is -1.59. The Morgan fingerprint density at radius 3 is 2.42 bits per heavy atom. The maximum absolute atomic E-state index is 5.88. The van der Waals surface area contributed by atoms with Gasteiger partial charge in [-0.15, -0.1) is 0 Å². The predicted molar refractivity (Wildman–Crippen MR) is 103 cm³/mol. The molecule has 0 aliphatic carbocycles. The van der Waals surface area contributed by atoms with Gasteiger partial charge in [-0.05, 0) is 32.0 Å². The molecule has 0 bridgehead atoms. The zero-order chi connectivity index (χ0) is 17.6. The topological polar surface area (TPSA) is 48.9 Å². The lowest BCUT2D eigenvalue weighted by Crippen LogP contribution is -2.42. The molecule has 0 aliphatic heterocycles. The molecular weight excluding hydrogens is 300 g/mol. The minimum absolute atomic E-state index is 0.137. The van der Waals surface area contributed by atoms with Crippen LogP contribution in [0.2, 0.25) is 0 Å². The molecule has 0 radical (unpaired) electrons. The molecule has 0 aliphatic rings. The van der Waals surface area contributed by atoms with E-state index >= 15 is 0 Å². The summed E-state index contributed by atoms with van der Waals surface area (Å²) in [6.07, 6.45) is 1.09. The number of likely N-dealkylation sites (N-methyl/N-ethyl adjacent to an activating group) is 1. The van der Waals surface area contributed by atoms with Crippen molar-refractivity contribution in [2.75, 3.05) is 46.4 Å². The smallest absolute Gasteiger partial charge is 0.191 e. The van der Waals surface area contributed by atoms with Gasteiger partial charge in [0.05, 0.1) is 6.10 Å². The van der Waals surface area contributed by atoms with Crippen molar-refractivity contribution >= 4 is 5.96 Å². The highest BCUT2D eigenvalue weighted by Crippen LogP contribution is 2.15. The van der Waals surface area contributed by atoms with E-state index in [1.807, 2.05) is 18.2 Å². The van der Waals surface area contributed by atoms with E-state index in [0.29, 0.717) is 0 Å². The quantitative estimate of drug-likeness (QED) is 0.371. The lowest BCUT2D eigenvalue weighted by Gasteiger charge is -2.19. The molecule has 24 heavy (non-hydrogen) atoms. The fraction of sp³-hybridized carbons (Fsp3) is 0.632. The molecule has 0 amide bonds. The number of guanidine groups is 1. The highest BCUT2D eigenvalue weighted by atomic mass is 16.5. The van der Waals surface area contributed by atoms with E-state index in [9.17, 15) is 0 Å². The number of nitrogens with one attached hydrogen (secondary N) is 2. The predicted octanol–water partition coefficient (Wildman–Crippen LogP) is 2.66. The minimum Gasteiger partial charge on any atom is -0.374 e. The van der Waals surface area contributed by atoms with Gasteiger partial charge in [0.1, 0.15) is 0 Å². The Kier molecular flexibility index (Phi) is 10.9. The number of hydrogen-bond donors (Lipinski definition) is 2. The highest BCUT2D eigenvalue weighted by molar-refractivity contribution is 5.79. The van der Waals surface area contributed by atoms with Crippen molar-refractivity contribution < 1.29 is 4.74 Å². The molecule has 0 spiro atoms. The molecule has 5 heteroatoms. The Labute approximate surface area is 147 Å². The summed E-state index contributed by atoms with van der Waals surface area (Å²) >= 11 is 0. The van der Waals surface area contributed by atoms with Crippen LogP contribution >= 0.6 is 0 Å². The Balaban J connectivity index is 2.12. The minimum atomic E-state index is 0.137. The van der Waals surface area contributed by atoms with Gasteiger partial charge in [-0.25, -0.2) is 0 Å². The molecule has 1 unspecified atom stereocenters. The standard InChI is InChI=1S/C19H34N4O/c1-5-23(6-2)15-14-22-19(20-4)21-13-10-16-24-17(3)18-11-8-7-9-12-18/h7-9,11-12,17H,5-6,10,13-16H2,1-4H3,(H2,20,21,22). The highest BCUT2D eigenvalue weighted by Gasteiger charge is 2.04. The van der Waals surface area contributed by atoms with E-state index in [4.69, 9.17) is 4.74 Å². The van der Waals surface area contributed by atoms with Crippen LogP contribution in [0, 0.1) is 0 Å². The Bertz CT molecular complexity index is 446. The summed E-state index contributed by atoms with van der Waals surface area (Å²) in [7, 11) is 1.81. The van der Waals surface area contributed by atoms with Crippen molar-refractivity contribution in [1.82, 2.24) is 15.5 Å². The fourth-order valence-electron chi connectivity index (χ4n) is 2.45. The van der Waals surface area contributed by atoms with Crippen LogP contribution in [-0.2, 0) is 4.74 Å². The molecule has 0 heterocycles. The largest absolute Gasteiger partial charge is 0.374 e. The third-order valence-corrected chi connectivity index (χ3v) is 4.09. The first-order valence-corrected chi connectivity index (χ1v) is 9.04. The molecule has 1 aromatic rings. The van der Waals surface area contributed by atoms with Gasteiger partial charge in [-0.2, -0.15) is 0 Å². The molecule has 0 saturated carbocycles. The van der Waals surface area contributed by atoms with Crippen LogP contribution in [0.1, 0.15) is 38.9 Å².